The third-order valence-corrected chi connectivity index (χ3v) is 3.26. The van der Waals surface area contributed by atoms with Gasteiger partial charge in [0.05, 0.1) is 6.61 Å². The Labute approximate surface area is 136 Å². The smallest absolute Gasteiger partial charge is 0.260 e. The lowest BCUT2D eigenvalue weighted by atomic mass is 10.2. The topological polar surface area (TPSA) is 93.9 Å². The lowest BCUT2D eigenvalue weighted by Gasteiger charge is -2.18. The van der Waals surface area contributed by atoms with Gasteiger partial charge in [0.25, 0.3) is 5.91 Å². The van der Waals surface area contributed by atoms with Gasteiger partial charge in [-0.05, 0) is 26.0 Å². The number of rotatable bonds is 9. The van der Waals surface area contributed by atoms with Crippen molar-refractivity contribution in [3.05, 3.63) is 24.3 Å². The van der Waals surface area contributed by atoms with Gasteiger partial charge in [0, 0.05) is 32.0 Å². The first-order valence-electron chi connectivity index (χ1n) is 7.57. The highest BCUT2D eigenvalue weighted by molar-refractivity contribution is 5.94. The van der Waals surface area contributed by atoms with E-state index >= 15 is 0 Å². The Morgan fingerprint density at radius 3 is 2.61 bits per heavy atom. The summed E-state index contributed by atoms with van der Waals surface area (Å²) in [7, 11) is 1.48. The fraction of sp³-hybridized carbons (Fsp3) is 0.500. The Morgan fingerprint density at radius 1 is 1.30 bits per heavy atom. The van der Waals surface area contributed by atoms with Crippen LogP contribution in [0.3, 0.4) is 0 Å². The molecule has 1 unspecified atom stereocenters. The molecule has 1 aromatic carbocycles. The van der Waals surface area contributed by atoms with Crippen molar-refractivity contribution in [2.45, 2.75) is 19.9 Å². The van der Waals surface area contributed by atoms with Crippen LogP contribution in [-0.2, 0) is 14.3 Å². The van der Waals surface area contributed by atoms with E-state index in [-0.39, 0.29) is 25.0 Å². The number of carbonyl (C=O) groups excluding carboxylic acids is 2. The maximum atomic E-state index is 11.9. The number of ether oxygens (including phenoxy) is 2. The molecule has 3 N–H and O–H groups in total. The Kier molecular flexibility index (Phi) is 8.07. The molecule has 0 spiro atoms. The summed E-state index contributed by atoms with van der Waals surface area (Å²) in [5.74, 6) is 0.0818. The minimum absolute atomic E-state index is 0.0394. The fourth-order valence-electron chi connectivity index (χ4n) is 1.97. The SMILES string of the molecule is CCN(CC)C(=O)COc1cccc(NC(=O)C(N)COC)c1. The molecule has 0 saturated heterocycles. The van der Waals surface area contributed by atoms with E-state index in [1.807, 2.05) is 13.8 Å². The Hall–Kier alpha value is -2.12. The van der Waals surface area contributed by atoms with Gasteiger partial charge >= 0.3 is 0 Å². The van der Waals surface area contributed by atoms with Gasteiger partial charge in [0.2, 0.25) is 5.91 Å². The fourth-order valence-corrected chi connectivity index (χ4v) is 1.97. The first kappa shape index (κ1) is 18.9. The van der Waals surface area contributed by atoms with Crippen LogP contribution in [0.25, 0.3) is 0 Å². The molecule has 0 fully saturated rings. The molecule has 0 aliphatic heterocycles. The van der Waals surface area contributed by atoms with Gasteiger partial charge in [-0.25, -0.2) is 0 Å². The summed E-state index contributed by atoms with van der Waals surface area (Å²) in [5, 5.41) is 2.68. The van der Waals surface area contributed by atoms with Crippen molar-refractivity contribution in [3.63, 3.8) is 0 Å². The van der Waals surface area contributed by atoms with Gasteiger partial charge in [0.1, 0.15) is 11.8 Å². The summed E-state index contributed by atoms with van der Waals surface area (Å²) >= 11 is 0. The normalized spacial score (nSPS) is 11.7. The van der Waals surface area contributed by atoms with E-state index in [4.69, 9.17) is 15.2 Å². The van der Waals surface area contributed by atoms with E-state index < -0.39 is 6.04 Å². The molecule has 23 heavy (non-hydrogen) atoms. The third-order valence-electron chi connectivity index (χ3n) is 3.26. The number of likely N-dealkylation sites (N-methyl/N-ethyl adjacent to an activating group) is 1. The van der Waals surface area contributed by atoms with Crippen LogP contribution < -0.4 is 15.8 Å². The van der Waals surface area contributed by atoms with E-state index in [2.05, 4.69) is 5.32 Å². The quantitative estimate of drug-likeness (QED) is 0.702. The molecule has 128 valence electrons. The minimum atomic E-state index is -0.742. The van der Waals surface area contributed by atoms with E-state index in [0.717, 1.165) is 0 Å². The van der Waals surface area contributed by atoms with Crippen LogP contribution in [0.1, 0.15) is 13.8 Å². The van der Waals surface area contributed by atoms with Crippen molar-refractivity contribution >= 4 is 17.5 Å². The van der Waals surface area contributed by atoms with Crippen LogP contribution in [0.5, 0.6) is 5.75 Å². The van der Waals surface area contributed by atoms with E-state index in [0.29, 0.717) is 24.5 Å². The first-order valence-corrected chi connectivity index (χ1v) is 7.57. The summed E-state index contributed by atoms with van der Waals surface area (Å²) in [6.45, 7) is 5.22. The van der Waals surface area contributed by atoms with Crippen LogP contribution in [0.4, 0.5) is 5.69 Å². The highest BCUT2D eigenvalue weighted by Gasteiger charge is 2.14. The van der Waals surface area contributed by atoms with Gasteiger partial charge in [-0.15, -0.1) is 0 Å². The summed E-state index contributed by atoms with van der Waals surface area (Å²) in [4.78, 5) is 25.4. The van der Waals surface area contributed by atoms with Crippen LogP contribution >= 0.6 is 0 Å². The molecular formula is C16H25N3O4. The second kappa shape index (κ2) is 9.81. The summed E-state index contributed by atoms with van der Waals surface area (Å²) < 4.78 is 10.3. The largest absolute Gasteiger partial charge is 0.484 e. The number of hydrogen-bond acceptors (Lipinski definition) is 5. The maximum Gasteiger partial charge on any atom is 0.260 e. The van der Waals surface area contributed by atoms with Crippen molar-refractivity contribution in [2.24, 2.45) is 5.73 Å². The molecule has 0 aromatic heterocycles. The molecule has 0 aliphatic rings. The van der Waals surface area contributed by atoms with Gasteiger partial charge < -0.3 is 25.4 Å². The number of nitrogens with two attached hydrogens (primary N) is 1. The van der Waals surface area contributed by atoms with Crippen LogP contribution in [0.15, 0.2) is 24.3 Å². The highest BCUT2D eigenvalue weighted by Crippen LogP contribution is 2.17. The zero-order valence-electron chi connectivity index (χ0n) is 13.9. The summed E-state index contributed by atoms with van der Waals surface area (Å²) in [6, 6.07) is 6.08. The lowest BCUT2D eigenvalue weighted by molar-refractivity contribution is -0.133. The van der Waals surface area contributed by atoms with Gasteiger partial charge in [-0.3, -0.25) is 9.59 Å². The molecule has 1 rings (SSSR count). The molecule has 0 bridgehead atoms. The first-order chi connectivity index (χ1) is 11.0. The molecule has 0 radical (unpaired) electrons. The number of nitrogens with one attached hydrogen (secondary N) is 1. The molecule has 7 nitrogen and oxygen atoms in total. The standard InChI is InChI=1S/C16H25N3O4/c1-4-19(5-2)15(20)11-23-13-8-6-7-12(9-13)18-16(21)14(17)10-22-3/h6-9,14H,4-5,10-11,17H2,1-3H3,(H,18,21). The molecule has 2 amide bonds. The molecule has 0 aliphatic carbocycles. The predicted molar refractivity (Wildman–Crippen MR) is 88.3 cm³/mol. The number of methoxy groups -OCH3 is 1. The van der Waals surface area contributed by atoms with Crippen molar-refractivity contribution in [1.29, 1.82) is 0 Å². The van der Waals surface area contributed by atoms with Crippen molar-refractivity contribution in [2.75, 3.05) is 38.7 Å². The molecule has 1 atom stereocenters. The van der Waals surface area contributed by atoms with Crippen molar-refractivity contribution in [1.82, 2.24) is 4.90 Å². The van der Waals surface area contributed by atoms with Crippen molar-refractivity contribution < 1.29 is 19.1 Å². The molecule has 0 saturated carbocycles. The Balaban J connectivity index is 2.60. The third kappa shape index (κ3) is 6.25. The second-order valence-corrected chi connectivity index (χ2v) is 4.93. The number of anilines is 1. The number of amides is 2. The van der Waals surface area contributed by atoms with Gasteiger partial charge in [-0.2, -0.15) is 0 Å². The zero-order chi connectivity index (χ0) is 17.2. The van der Waals surface area contributed by atoms with Crippen LogP contribution in [-0.4, -0.2) is 56.2 Å². The zero-order valence-corrected chi connectivity index (χ0v) is 13.9. The highest BCUT2D eigenvalue weighted by atomic mass is 16.5. The molecular weight excluding hydrogens is 298 g/mol. The number of benzene rings is 1. The van der Waals surface area contributed by atoms with E-state index in [9.17, 15) is 9.59 Å². The molecule has 1 aromatic rings. The minimum Gasteiger partial charge on any atom is -0.484 e. The summed E-state index contributed by atoms with van der Waals surface area (Å²) in [6.07, 6.45) is 0. The van der Waals surface area contributed by atoms with E-state index in [1.54, 1.807) is 29.2 Å². The Bertz CT molecular complexity index is 518. The van der Waals surface area contributed by atoms with Crippen molar-refractivity contribution in [3.8, 4) is 5.75 Å². The lowest BCUT2D eigenvalue weighted by Crippen LogP contribution is -2.39. The number of nitrogens with zero attached hydrogens (tertiary/aromatic N) is 1. The average molecular weight is 323 g/mol. The molecule has 0 heterocycles. The number of carbonyl (C=O) groups is 2. The average Bonchev–Trinajstić information content (AvgIpc) is 2.54. The van der Waals surface area contributed by atoms with Gasteiger partial charge in [-0.1, -0.05) is 6.07 Å². The Morgan fingerprint density at radius 2 is 2.00 bits per heavy atom. The maximum absolute atomic E-state index is 11.9. The second-order valence-electron chi connectivity index (χ2n) is 4.93. The summed E-state index contributed by atoms with van der Waals surface area (Å²) in [5.41, 5.74) is 6.21. The number of hydrogen-bond donors (Lipinski definition) is 2. The predicted octanol–water partition coefficient (Wildman–Crippen LogP) is 0.846. The molecule has 7 heteroatoms. The monoisotopic (exact) mass is 323 g/mol. The van der Waals surface area contributed by atoms with E-state index in [1.165, 1.54) is 7.11 Å². The van der Waals surface area contributed by atoms with Gasteiger partial charge in [0.15, 0.2) is 6.61 Å². The van der Waals surface area contributed by atoms with Crippen LogP contribution in [0.2, 0.25) is 0 Å². The van der Waals surface area contributed by atoms with Crippen LogP contribution in [0, 0.1) is 0 Å².